The summed E-state index contributed by atoms with van der Waals surface area (Å²) in [5.74, 6) is -0.574. The van der Waals surface area contributed by atoms with Gasteiger partial charge < -0.3 is 5.73 Å². The van der Waals surface area contributed by atoms with E-state index < -0.39 is 23.6 Å². The second-order valence-electron chi connectivity index (χ2n) is 4.23. The van der Waals surface area contributed by atoms with E-state index >= 15 is 0 Å². The van der Waals surface area contributed by atoms with E-state index in [1.165, 1.54) is 24.3 Å². The highest BCUT2D eigenvalue weighted by atomic mass is 35.5. The Morgan fingerprint density at radius 3 is 2.25 bits per heavy atom. The van der Waals surface area contributed by atoms with Crippen LogP contribution in [0.1, 0.15) is 22.7 Å². The van der Waals surface area contributed by atoms with Crippen molar-refractivity contribution in [3.8, 4) is 0 Å². The van der Waals surface area contributed by atoms with E-state index in [0.717, 1.165) is 18.2 Å². The highest BCUT2D eigenvalue weighted by Gasteiger charge is 2.34. The van der Waals surface area contributed by atoms with Gasteiger partial charge in [-0.25, -0.2) is 4.39 Å². The van der Waals surface area contributed by atoms with Gasteiger partial charge in [-0.2, -0.15) is 13.2 Å². The number of rotatable bonds is 2. The third-order valence-corrected chi connectivity index (χ3v) is 3.23. The fourth-order valence-electron chi connectivity index (χ4n) is 1.95. The molecule has 0 aliphatic carbocycles. The van der Waals surface area contributed by atoms with Crippen LogP contribution >= 0.6 is 11.6 Å². The molecule has 0 saturated heterocycles. The van der Waals surface area contributed by atoms with E-state index in [-0.39, 0.29) is 16.1 Å². The van der Waals surface area contributed by atoms with Crippen molar-refractivity contribution >= 4 is 11.6 Å². The summed E-state index contributed by atoms with van der Waals surface area (Å²) in [7, 11) is 0. The quantitative estimate of drug-likeness (QED) is 0.810. The maximum absolute atomic E-state index is 13.0. The van der Waals surface area contributed by atoms with Gasteiger partial charge >= 0.3 is 6.18 Å². The maximum Gasteiger partial charge on any atom is 0.416 e. The van der Waals surface area contributed by atoms with Gasteiger partial charge in [0.2, 0.25) is 0 Å². The van der Waals surface area contributed by atoms with Gasteiger partial charge in [-0.15, -0.1) is 0 Å². The molecule has 0 radical (unpaired) electrons. The Bertz CT molecular complexity index is 625. The van der Waals surface area contributed by atoms with Crippen molar-refractivity contribution in [3.63, 3.8) is 0 Å². The Labute approximate surface area is 118 Å². The molecule has 0 heterocycles. The van der Waals surface area contributed by atoms with E-state index in [2.05, 4.69) is 0 Å². The minimum atomic E-state index is -4.51. The van der Waals surface area contributed by atoms with Crippen molar-refractivity contribution in [2.75, 3.05) is 0 Å². The molecule has 2 rings (SSSR count). The first-order valence-electron chi connectivity index (χ1n) is 5.67. The average molecular weight is 304 g/mol. The minimum Gasteiger partial charge on any atom is -0.320 e. The molecule has 0 spiro atoms. The number of hydrogen-bond acceptors (Lipinski definition) is 1. The highest BCUT2D eigenvalue weighted by Crippen LogP contribution is 2.37. The number of hydrogen-bond donors (Lipinski definition) is 1. The molecule has 6 heteroatoms. The zero-order chi connectivity index (χ0) is 14.9. The molecule has 2 N–H and O–H groups in total. The molecule has 2 aromatic rings. The molecular weight excluding hydrogens is 294 g/mol. The lowest BCUT2D eigenvalue weighted by Gasteiger charge is -2.19. The average Bonchev–Trinajstić information content (AvgIpc) is 2.37. The van der Waals surface area contributed by atoms with Crippen LogP contribution in [0, 0.1) is 5.82 Å². The molecule has 0 amide bonds. The van der Waals surface area contributed by atoms with Crippen LogP contribution in [-0.2, 0) is 6.18 Å². The summed E-state index contributed by atoms with van der Waals surface area (Å²) in [6, 6.07) is 7.31. The van der Waals surface area contributed by atoms with Gasteiger partial charge in [-0.1, -0.05) is 35.9 Å². The monoisotopic (exact) mass is 303 g/mol. The molecule has 0 fully saturated rings. The summed E-state index contributed by atoms with van der Waals surface area (Å²) in [6.07, 6.45) is -4.51. The van der Waals surface area contributed by atoms with E-state index in [0.29, 0.717) is 0 Å². The van der Waals surface area contributed by atoms with Gasteiger partial charge in [0, 0.05) is 5.02 Å². The first-order chi connectivity index (χ1) is 9.30. The van der Waals surface area contributed by atoms with Crippen molar-refractivity contribution in [2.24, 2.45) is 5.73 Å². The Hall–Kier alpha value is -1.59. The standard InChI is InChI=1S/C14H10ClF4N/c15-12-7-8(16)5-6-10(12)13(20)9-3-1-2-4-11(9)14(17,18)19/h1-7,13H,20H2. The van der Waals surface area contributed by atoms with Gasteiger partial charge in [0.25, 0.3) is 0 Å². The summed E-state index contributed by atoms with van der Waals surface area (Å²) in [4.78, 5) is 0. The van der Waals surface area contributed by atoms with Crippen molar-refractivity contribution < 1.29 is 17.6 Å². The fourth-order valence-corrected chi connectivity index (χ4v) is 2.23. The van der Waals surface area contributed by atoms with Crippen molar-refractivity contribution in [2.45, 2.75) is 12.2 Å². The van der Waals surface area contributed by atoms with Crippen LogP contribution in [0.4, 0.5) is 17.6 Å². The zero-order valence-corrected chi connectivity index (χ0v) is 10.8. The van der Waals surface area contributed by atoms with Crippen molar-refractivity contribution in [1.82, 2.24) is 0 Å². The lowest BCUT2D eigenvalue weighted by Crippen LogP contribution is -2.18. The highest BCUT2D eigenvalue weighted by molar-refractivity contribution is 6.31. The van der Waals surface area contributed by atoms with Crippen LogP contribution in [0.3, 0.4) is 0 Å². The van der Waals surface area contributed by atoms with Crippen molar-refractivity contribution in [3.05, 3.63) is 70.0 Å². The normalized spacial score (nSPS) is 13.3. The smallest absolute Gasteiger partial charge is 0.320 e. The van der Waals surface area contributed by atoms with Crippen LogP contribution < -0.4 is 5.73 Å². The summed E-state index contributed by atoms with van der Waals surface area (Å²) in [6.45, 7) is 0. The molecule has 1 nitrogen and oxygen atoms in total. The fraction of sp³-hybridized carbons (Fsp3) is 0.143. The lowest BCUT2D eigenvalue weighted by atomic mass is 9.95. The summed E-state index contributed by atoms with van der Waals surface area (Å²) in [5, 5.41) is -0.00511. The van der Waals surface area contributed by atoms with E-state index in [9.17, 15) is 17.6 Å². The van der Waals surface area contributed by atoms with Crippen LogP contribution in [0.2, 0.25) is 5.02 Å². The van der Waals surface area contributed by atoms with Gasteiger partial charge in [0.1, 0.15) is 5.82 Å². The summed E-state index contributed by atoms with van der Waals surface area (Å²) < 4.78 is 51.8. The van der Waals surface area contributed by atoms with E-state index in [1.807, 2.05) is 0 Å². The molecule has 0 saturated carbocycles. The Morgan fingerprint density at radius 1 is 1.00 bits per heavy atom. The number of halogens is 5. The molecule has 20 heavy (non-hydrogen) atoms. The predicted molar refractivity (Wildman–Crippen MR) is 68.9 cm³/mol. The molecular formula is C14H10ClF4N. The van der Waals surface area contributed by atoms with Gasteiger partial charge in [-0.3, -0.25) is 0 Å². The Balaban J connectivity index is 2.51. The molecule has 0 bridgehead atoms. The molecule has 1 unspecified atom stereocenters. The first kappa shape index (κ1) is 14.8. The van der Waals surface area contributed by atoms with E-state index in [4.69, 9.17) is 17.3 Å². The Morgan fingerprint density at radius 2 is 1.65 bits per heavy atom. The molecule has 1 atom stereocenters. The second kappa shape index (κ2) is 5.42. The first-order valence-corrected chi connectivity index (χ1v) is 6.05. The van der Waals surface area contributed by atoms with Gasteiger partial charge in [-0.05, 0) is 29.3 Å². The van der Waals surface area contributed by atoms with Crippen molar-refractivity contribution in [1.29, 1.82) is 0 Å². The predicted octanol–water partition coefficient (Wildman–Crippen LogP) is 4.55. The third kappa shape index (κ3) is 2.94. The topological polar surface area (TPSA) is 26.0 Å². The second-order valence-corrected chi connectivity index (χ2v) is 4.64. The minimum absolute atomic E-state index is 0.00511. The largest absolute Gasteiger partial charge is 0.416 e. The van der Waals surface area contributed by atoms with E-state index in [1.54, 1.807) is 0 Å². The maximum atomic E-state index is 13.0. The van der Waals surface area contributed by atoms with Crippen LogP contribution in [-0.4, -0.2) is 0 Å². The molecule has 2 aromatic carbocycles. The third-order valence-electron chi connectivity index (χ3n) is 2.90. The van der Waals surface area contributed by atoms with Crippen LogP contribution in [0.5, 0.6) is 0 Å². The lowest BCUT2D eigenvalue weighted by molar-refractivity contribution is -0.138. The number of alkyl halides is 3. The number of benzene rings is 2. The summed E-state index contributed by atoms with van der Waals surface area (Å²) >= 11 is 5.84. The number of nitrogens with two attached hydrogens (primary N) is 1. The van der Waals surface area contributed by atoms with Gasteiger partial charge in [0.05, 0.1) is 11.6 Å². The molecule has 0 aliphatic heterocycles. The SMILES string of the molecule is NC(c1ccc(F)cc1Cl)c1ccccc1C(F)(F)F. The van der Waals surface area contributed by atoms with Gasteiger partial charge in [0.15, 0.2) is 0 Å². The molecule has 0 aliphatic rings. The van der Waals surface area contributed by atoms with Crippen LogP contribution in [0.15, 0.2) is 42.5 Å². The van der Waals surface area contributed by atoms with Crippen LogP contribution in [0.25, 0.3) is 0 Å². The Kier molecular flexibility index (Phi) is 4.01. The molecule has 106 valence electrons. The summed E-state index contributed by atoms with van der Waals surface area (Å²) in [5.41, 5.74) is 5.17. The molecule has 0 aromatic heterocycles. The zero-order valence-electron chi connectivity index (χ0n) is 10.1.